The summed E-state index contributed by atoms with van der Waals surface area (Å²) in [5.41, 5.74) is 39.6. The van der Waals surface area contributed by atoms with Crippen LogP contribution in [0.4, 0.5) is 0 Å². The first-order valence-electron chi connectivity index (χ1n) is 42.2. The van der Waals surface area contributed by atoms with Gasteiger partial charge in [-0.15, -0.1) is 0 Å². The monoisotopic (exact) mass is 1530 g/mol. The Kier molecular flexibility index (Phi) is 19.3. The zero-order chi connectivity index (χ0) is 81.8. The molecule has 12 heterocycles. The average Bonchev–Trinajstić information content (AvgIpc) is 1.55. The van der Waals surface area contributed by atoms with Crippen molar-refractivity contribution >= 4 is 154 Å². The topological polar surface area (TPSA) is 85.5 Å². The molecule has 12 aromatic heterocycles. The highest BCUT2D eigenvalue weighted by Gasteiger charge is 2.33. The van der Waals surface area contributed by atoms with Crippen LogP contribution in [0.2, 0.25) is 0 Å². The maximum atomic E-state index is 5.20. The van der Waals surface area contributed by atoms with E-state index >= 15 is 0 Å². The average molecular weight is 1530 g/mol. The Morgan fingerprint density at radius 1 is 0.267 bits per heavy atom. The van der Waals surface area contributed by atoms with Gasteiger partial charge in [-0.3, -0.25) is 19.9 Å². The Morgan fingerprint density at radius 3 is 1.09 bits per heavy atom. The summed E-state index contributed by atoms with van der Waals surface area (Å²) in [6, 6.07) is 71.0. The van der Waals surface area contributed by atoms with Gasteiger partial charge in [0.2, 0.25) is 0 Å². The Bertz CT molecular complexity index is 7370. The minimum atomic E-state index is 0.400. The first-order chi connectivity index (χ1) is 55.6. The lowest BCUT2D eigenvalue weighted by Crippen LogP contribution is -2.27. The second-order valence-corrected chi connectivity index (χ2v) is 35.5. The van der Waals surface area contributed by atoms with Crippen LogP contribution in [0, 0.1) is 27.7 Å². The number of hydrogen-bond acceptors (Lipinski definition) is 4. The van der Waals surface area contributed by atoms with Crippen LogP contribution in [0.1, 0.15) is 225 Å². The second kappa shape index (κ2) is 29.2. The van der Waals surface area contributed by atoms with Crippen LogP contribution in [0.5, 0.6) is 0 Å². The molecule has 20 rings (SSSR count). The summed E-state index contributed by atoms with van der Waals surface area (Å²) in [5.74, 6) is 3.50. The maximum absolute atomic E-state index is 5.20. The molecule has 20 aromatic rings. The van der Waals surface area contributed by atoms with Crippen molar-refractivity contribution in [1.82, 2.24) is 37.7 Å². The van der Waals surface area contributed by atoms with Crippen LogP contribution in [0.3, 0.4) is 0 Å². The molecule has 0 aliphatic carbocycles. The predicted octanol–water partition coefficient (Wildman–Crippen LogP) is 24.7. The van der Waals surface area contributed by atoms with Gasteiger partial charge >= 0.3 is 0 Å². The first-order valence-corrected chi connectivity index (χ1v) is 42.2. The maximum Gasteiger partial charge on any atom is 0.297 e. The molecule has 0 bridgehead atoms. The highest BCUT2D eigenvalue weighted by molar-refractivity contribution is 6.16. The van der Waals surface area contributed by atoms with E-state index in [1.807, 2.05) is 0 Å². The third-order valence-electron chi connectivity index (χ3n) is 25.0. The molecule has 0 unspecified atom stereocenters. The third kappa shape index (κ3) is 12.1. The second-order valence-electron chi connectivity index (χ2n) is 35.5. The number of aromatic nitrogens is 12. The minimum absolute atomic E-state index is 0.400. The molecule has 0 aliphatic rings. The quantitative estimate of drug-likeness (QED) is 0.112. The van der Waals surface area contributed by atoms with E-state index in [0.717, 1.165) is 44.8 Å². The predicted molar refractivity (Wildman–Crippen MR) is 487 cm³/mol. The molecule has 116 heavy (non-hydrogen) atoms. The van der Waals surface area contributed by atoms with Crippen molar-refractivity contribution < 1.29 is 18.1 Å². The molecule has 0 fully saturated rings. The highest BCUT2D eigenvalue weighted by Crippen LogP contribution is 2.42. The SMILES string of the molecule is Cc1cc(C(C)C)nc2c3cccc(C(C)C)c3n3c4ccccc4[n+](C)c3c12.Cc1cc(C(C)C)nc2c3ccccc3[n+]3c4ccc(C(C)C)cc4n(C)c3c12.Cc1cc(C(C)C)nc2c3ccccc3n3c4c(C(C)C)cccc4[n+](C)c3c12.Cc1cc(C(C)C)nc2c3ccccc3n3c4cc(C(C)C)ccc4[n+](C)c3c12. The highest BCUT2D eigenvalue weighted by atomic mass is 15.1. The van der Waals surface area contributed by atoms with E-state index in [2.05, 4.69) is 397 Å². The molecular formula is C104H112N12+4. The standard InChI is InChI=1S/4C26H28N3/c1-15(2)18-10-9-11-19-24-23(17(5)14-20(27-24)16(3)4)26-28(6)21-12-7-8-13-22(21)29(26)25(18)19;1-15(2)18-11-9-13-22-25(18)29-21-12-8-7-10-19(21)24-23(26(29)28(22)6)17(5)14-20(27-24)16(3)4;1-15(2)18-11-12-22-23(14-18)28(6)26-24-17(5)13-20(16(3)4)27-25(24)19-9-7-8-10-21(19)29(22)26;1-15(2)18-11-12-22-23(14-18)29-21-10-8-7-9-19(21)25-24(26(29)28(22)6)17(5)13-20(27-25)16(3)4/h4*7-16H,1-6H3/q4*+1. The Labute approximate surface area is 681 Å². The van der Waals surface area contributed by atoms with Crippen molar-refractivity contribution in [2.45, 2.75) is 186 Å². The Morgan fingerprint density at radius 2 is 0.612 bits per heavy atom. The number of hydrogen-bond donors (Lipinski definition) is 0. The number of para-hydroxylation sites is 7. The van der Waals surface area contributed by atoms with Crippen molar-refractivity contribution in [1.29, 1.82) is 0 Å². The normalized spacial score (nSPS) is 12.4. The van der Waals surface area contributed by atoms with Crippen molar-refractivity contribution in [3.63, 3.8) is 0 Å². The molecule has 0 radical (unpaired) electrons. The van der Waals surface area contributed by atoms with Crippen LogP contribution in [-0.4, -0.2) is 37.7 Å². The van der Waals surface area contributed by atoms with Crippen molar-refractivity contribution in [2.24, 2.45) is 28.2 Å². The number of fused-ring (bicyclic) bond motifs is 32. The molecule has 0 atom stereocenters. The minimum Gasteiger partial charge on any atom is -0.251 e. The molecular weight excluding hydrogens is 1420 g/mol. The summed E-state index contributed by atoms with van der Waals surface area (Å²) < 4.78 is 19.1. The Hall–Kier alpha value is -11.8. The fraction of sp³-hybridized carbons (Fsp3) is 0.308. The number of nitrogens with zero attached hydrogens (tertiary/aromatic N) is 12. The van der Waals surface area contributed by atoms with E-state index < -0.39 is 0 Å². The largest absolute Gasteiger partial charge is 0.297 e. The van der Waals surface area contributed by atoms with Gasteiger partial charge in [0.25, 0.3) is 22.6 Å². The van der Waals surface area contributed by atoms with Crippen LogP contribution in [0.25, 0.3) is 154 Å². The molecule has 12 heteroatoms. The van der Waals surface area contributed by atoms with Crippen LogP contribution in [-0.2, 0) is 28.2 Å². The summed E-state index contributed by atoms with van der Waals surface area (Å²) in [4.78, 5) is 20.6. The molecule has 0 amide bonds. The van der Waals surface area contributed by atoms with E-state index in [-0.39, 0.29) is 0 Å². The molecule has 0 N–H and O–H groups in total. The number of benzene rings is 8. The molecule has 584 valence electrons. The van der Waals surface area contributed by atoms with E-state index in [9.17, 15) is 0 Å². The van der Waals surface area contributed by atoms with Gasteiger partial charge in [-0.25, -0.2) is 18.3 Å². The van der Waals surface area contributed by atoms with Gasteiger partial charge in [-0.2, -0.15) is 17.6 Å². The smallest absolute Gasteiger partial charge is 0.251 e. The van der Waals surface area contributed by atoms with E-state index in [1.165, 1.54) is 176 Å². The summed E-state index contributed by atoms with van der Waals surface area (Å²) in [7, 11) is 8.73. The van der Waals surface area contributed by atoms with Gasteiger partial charge in [0.05, 0.1) is 71.8 Å². The van der Waals surface area contributed by atoms with E-state index in [0.29, 0.717) is 47.3 Å². The summed E-state index contributed by atoms with van der Waals surface area (Å²) in [6.45, 7) is 44.8. The molecule has 8 aromatic carbocycles. The van der Waals surface area contributed by atoms with Gasteiger partial charge in [0.15, 0.2) is 44.1 Å². The fourth-order valence-corrected chi connectivity index (χ4v) is 18.7. The van der Waals surface area contributed by atoms with Gasteiger partial charge in [-0.05, 0) is 218 Å². The number of imidazole rings is 4. The number of rotatable bonds is 8. The third-order valence-corrected chi connectivity index (χ3v) is 25.0. The first kappa shape index (κ1) is 76.8. The van der Waals surface area contributed by atoms with Crippen LogP contribution < -0.4 is 18.1 Å². The van der Waals surface area contributed by atoms with Gasteiger partial charge in [0, 0.05) is 55.4 Å². The zero-order valence-electron chi connectivity index (χ0n) is 72.5. The molecule has 0 saturated carbocycles. The summed E-state index contributed by atoms with van der Waals surface area (Å²) in [5, 5.41) is 9.89. The van der Waals surface area contributed by atoms with Crippen molar-refractivity contribution in [3.05, 3.63) is 261 Å². The van der Waals surface area contributed by atoms with Gasteiger partial charge < -0.3 is 0 Å². The number of pyridine rings is 8. The van der Waals surface area contributed by atoms with Gasteiger partial charge in [0.1, 0.15) is 22.1 Å². The summed E-state index contributed by atoms with van der Waals surface area (Å²) in [6.07, 6.45) is 0. The lowest BCUT2D eigenvalue weighted by atomic mass is 9.96. The van der Waals surface area contributed by atoms with Crippen molar-refractivity contribution in [3.8, 4) is 0 Å². The lowest BCUT2D eigenvalue weighted by molar-refractivity contribution is -0.617. The lowest BCUT2D eigenvalue weighted by Gasteiger charge is -2.14. The molecule has 0 spiro atoms. The number of aryl methyl sites for hydroxylation is 8. The zero-order valence-corrected chi connectivity index (χ0v) is 72.5. The molecule has 0 aliphatic heterocycles. The fourth-order valence-electron chi connectivity index (χ4n) is 18.7. The Balaban J connectivity index is 0.000000111. The van der Waals surface area contributed by atoms with E-state index in [1.54, 1.807) is 0 Å². The van der Waals surface area contributed by atoms with Gasteiger partial charge in [-0.1, -0.05) is 196 Å². The van der Waals surface area contributed by atoms with Crippen molar-refractivity contribution in [2.75, 3.05) is 0 Å². The molecule has 12 nitrogen and oxygen atoms in total. The van der Waals surface area contributed by atoms with Crippen LogP contribution >= 0.6 is 0 Å². The van der Waals surface area contributed by atoms with E-state index in [4.69, 9.17) is 19.9 Å². The summed E-state index contributed by atoms with van der Waals surface area (Å²) >= 11 is 0. The van der Waals surface area contributed by atoms with Crippen LogP contribution in [0.15, 0.2) is 194 Å². The molecule has 0 saturated heterocycles.